The van der Waals surface area contributed by atoms with E-state index in [1.54, 1.807) is 0 Å². The van der Waals surface area contributed by atoms with Gasteiger partial charge < -0.3 is 15.0 Å². The van der Waals surface area contributed by atoms with Crippen molar-refractivity contribution in [3.63, 3.8) is 0 Å². The predicted molar refractivity (Wildman–Crippen MR) is 83.5 cm³/mol. The number of nitrogens with zero attached hydrogens (tertiary/aromatic N) is 1. The molecule has 1 saturated heterocycles. The molecule has 3 rings (SSSR count). The van der Waals surface area contributed by atoms with Gasteiger partial charge in [0.25, 0.3) is 0 Å². The Labute approximate surface area is 126 Å². The molecule has 0 bridgehead atoms. The molecule has 2 aliphatic rings. The highest BCUT2D eigenvalue weighted by atomic mass is 16.5. The summed E-state index contributed by atoms with van der Waals surface area (Å²) in [6, 6.07) is 8.28. The van der Waals surface area contributed by atoms with E-state index >= 15 is 0 Å². The Kier molecular flexibility index (Phi) is 4.44. The number of fused-ring (bicyclic) bond motifs is 1. The minimum absolute atomic E-state index is 0.215. The number of para-hydroxylation sites is 1. The number of ether oxygens (including phenoxy) is 1. The summed E-state index contributed by atoms with van der Waals surface area (Å²) in [6.45, 7) is 2.42. The van der Waals surface area contributed by atoms with E-state index in [2.05, 4.69) is 17.4 Å². The van der Waals surface area contributed by atoms with Crippen LogP contribution in [0.15, 0.2) is 24.3 Å². The lowest BCUT2D eigenvalue weighted by Gasteiger charge is -2.28. The molecule has 2 heterocycles. The summed E-state index contributed by atoms with van der Waals surface area (Å²) in [5.41, 5.74) is 2.45. The summed E-state index contributed by atoms with van der Waals surface area (Å²) in [4.78, 5) is 14.3. The number of anilines is 1. The SMILES string of the molecule is CN(CC1CCCCO1)C(=O)CC1CNc2ccccc21. The van der Waals surface area contributed by atoms with Crippen molar-refractivity contribution < 1.29 is 9.53 Å². The number of hydrogen-bond donors (Lipinski definition) is 1. The Balaban J connectivity index is 1.54. The molecule has 0 aromatic heterocycles. The number of likely N-dealkylation sites (N-methyl/N-ethyl adjacent to an activating group) is 1. The number of benzene rings is 1. The van der Waals surface area contributed by atoms with Crippen LogP contribution < -0.4 is 5.32 Å². The van der Waals surface area contributed by atoms with Crippen LogP contribution in [-0.2, 0) is 9.53 Å². The molecule has 114 valence electrons. The molecular weight excluding hydrogens is 264 g/mol. The highest BCUT2D eigenvalue weighted by Gasteiger charge is 2.26. The summed E-state index contributed by atoms with van der Waals surface area (Å²) in [5.74, 6) is 0.510. The molecule has 0 radical (unpaired) electrons. The monoisotopic (exact) mass is 288 g/mol. The van der Waals surface area contributed by atoms with Crippen LogP contribution in [0.2, 0.25) is 0 Å². The molecule has 1 fully saturated rings. The zero-order valence-corrected chi connectivity index (χ0v) is 12.7. The molecule has 4 nitrogen and oxygen atoms in total. The maximum Gasteiger partial charge on any atom is 0.223 e. The van der Waals surface area contributed by atoms with Gasteiger partial charge in [0.2, 0.25) is 5.91 Å². The second-order valence-electron chi connectivity index (χ2n) is 6.13. The Morgan fingerprint density at radius 3 is 3.05 bits per heavy atom. The molecule has 21 heavy (non-hydrogen) atoms. The van der Waals surface area contributed by atoms with Crippen molar-refractivity contribution in [2.75, 3.05) is 32.1 Å². The van der Waals surface area contributed by atoms with E-state index in [0.29, 0.717) is 12.3 Å². The van der Waals surface area contributed by atoms with Crippen LogP contribution in [-0.4, -0.2) is 43.7 Å². The van der Waals surface area contributed by atoms with Gasteiger partial charge in [0, 0.05) is 44.8 Å². The third kappa shape index (κ3) is 3.38. The third-order valence-corrected chi connectivity index (χ3v) is 4.54. The number of nitrogens with one attached hydrogen (secondary N) is 1. The van der Waals surface area contributed by atoms with E-state index in [1.165, 1.54) is 17.7 Å². The van der Waals surface area contributed by atoms with Crippen LogP contribution in [0.3, 0.4) is 0 Å². The van der Waals surface area contributed by atoms with Crippen LogP contribution in [0, 0.1) is 0 Å². The maximum absolute atomic E-state index is 12.4. The maximum atomic E-state index is 12.4. The molecule has 1 N–H and O–H groups in total. The van der Waals surface area contributed by atoms with Gasteiger partial charge in [0.05, 0.1) is 6.10 Å². The van der Waals surface area contributed by atoms with Crippen LogP contribution >= 0.6 is 0 Å². The largest absolute Gasteiger partial charge is 0.384 e. The fraction of sp³-hybridized carbons (Fsp3) is 0.588. The second-order valence-corrected chi connectivity index (χ2v) is 6.13. The smallest absolute Gasteiger partial charge is 0.223 e. The van der Waals surface area contributed by atoms with Crippen molar-refractivity contribution in [1.29, 1.82) is 0 Å². The van der Waals surface area contributed by atoms with Gasteiger partial charge in [-0.2, -0.15) is 0 Å². The topological polar surface area (TPSA) is 41.6 Å². The van der Waals surface area contributed by atoms with Crippen LogP contribution in [0.5, 0.6) is 0 Å². The summed E-state index contributed by atoms with van der Waals surface area (Å²) in [5, 5.41) is 3.38. The molecule has 1 amide bonds. The molecule has 1 aromatic carbocycles. The van der Waals surface area contributed by atoms with Crippen molar-refractivity contribution in [3.8, 4) is 0 Å². The Morgan fingerprint density at radius 1 is 1.38 bits per heavy atom. The van der Waals surface area contributed by atoms with Gasteiger partial charge >= 0.3 is 0 Å². The summed E-state index contributed by atoms with van der Waals surface area (Å²) >= 11 is 0. The van der Waals surface area contributed by atoms with Gasteiger partial charge in [-0.25, -0.2) is 0 Å². The summed E-state index contributed by atoms with van der Waals surface area (Å²) < 4.78 is 5.72. The van der Waals surface area contributed by atoms with Gasteiger partial charge in [-0.05, 0) is 30.9 Å². The van der Waals surface area contributed by atoms with Gasteiger partial charge in [0.15, 0.2) is 0 Å². The van der Waals surface area contributed by atoms with Crippen LogP contribution in [0.4, 0.5) is 5.69 Å². The molecule has 4 heteroatoms. The molecule has 2 aliphatic heterocycles. The van der Waals surface area contributed by atoms with E-state index in [1.807, 2.05) is 24.1 Å². The van der Waals surface area contributed by atoms with E-state index in [4.69, 9.17) is 4.74 Å². The zero-order chi connectivity index (χ0) is 14.7. The number of rotatable bonds is 4. The van der Waals surface area contributed by atoms with Gasteiger partial charge in [0.1, 0.15) is 0 Å². The summed E-state index contributed by atoms with van der Waals surface area (Å²) in [7, 11) is 1.90. The van der Waals surface area contributed by atoms with Gasteiger partial charge in [-0.1, -0.05) is 18.2 Å². The van der Waals surface area contributed by atoms with Gasteiger partial charge in [-0.3, -0.25) is 4.79 Å². The molecule has 2 unspecified atom stereocenters. The normalized spacial score (nSPS) is 24.2. The van der Waals surface area contributed by atoms with Crippen molar-refractivity contribution in [2.45, 2.75) is 37.7 Å². The van der Waals surface area contributed by atoms with E-state index in [-0.39, 0.29) is 12.0 Å². The third-order valence-electron chi connectivity index (χ3n) is 4.54. The number of carbonyl (C=O) groups excluding carboxylic acids is 1. The Morgan fingerprint density at radius 2 is 2.24 bits per heavy atom. The Hall–Kier alpha value is -1.55. The average molecular weight is 288 g/mol. The lowest BCUT2D eigenvalue weighted by molar-refractivity contribution is -0.132. The molecule has 0 aliphatic carbocycles. The molecule has 1 aromatic rings. The van der Waals surface area contributed by atoms with Crippen molar-refractivity contribution in [1.82, 2.24) is 4.90 Å². The van der Waals surface area contributed by atoms with Crippen molar-refractivity contribution in [2.24, 2.45) is 0 Å². The molecule has 0 saturated carbocycles. The first kappa shape index (κ1) is 14.4. The highest BCUT2D eigenvalue weighted by molar-refractivity contribution is 5.78. The average Bonchev–Trinajstić information content (AvgIpc) is 2.91. The van der Waals surface area contributed by atoms with Crippen LogP contribution in [0.25, 0.3) is 0 Å². The molecule has 2 atom stereocenters. The van der Waals surface area contributed by atoms with Crippen molar-refractivity contribution in [3.05, 3.63) is 29.8 Å². The predicted octanol–water partition coefficient (Wildman–Crippen LogP) is 2.61. The van der Waals surface area contributed by atoms with E-state index in [0.717, 1.165) is 32.5 Å². The fourth-order valence-corrected chi connectivity index (χ4v) is 3.26. The number of hydrogen-bond acceptors (Lipinski definition) is 3. The first-order valence-electron chi connectivity index (χ1n) is 7.92. The Bertz CT molecular complexity index is 497. The fourth-order valence-electron chi connectivity index (χ4n) is 3.26. The first-order valence-corrected chi connectivity index (χ1v) is 7.92. The van der Waals surface area contributed by atoms with Crippen molar-refractivity contribution >= 4 is 11.6 Å². The van der Waals surface area contributed by atoms with Crippen LogP contribution in [0.1, 0.15) is 37.2 Å². The van der Waals surface area contributed by atoms with E-state index < -0.39 is 0 Å². The number of amides is 1. The van der Waals surface area contributed by atoms with Gasteiger partial charge in [-0.15, -0.1) is 0 Å². The molecule has 0 spiro atoms. The number of carbonyl (C=O) groups is 1. The molecular formula is C17H24N2O2. The lowest BCUT2D eigenvalue weighted by Crippen LogP contribution is -2.37. The minimum Gasteiger partial charge on any atom is -0.384 e. The lowest BCUT2D eigenvalue weighted by atomic mass is 9.97. The summed E-state index contributed by atoms with van der Waals surface area (Å²) in [6.07, 6.45) is 4.24. The zero-order valence-electron chi connectivity index (χ0n) is 12.7. The minimum atomic E-state index is 0.215. The van der Waals surface area contributed by atoms with E-state index in [9.17, 15) is 4.79 Å². The standard InChI is InChI=1S/C17H24N2O2/c1-19(12-14-6-4-5-9-21-14)17(20)10-13-11-18-16-8-3-2-7-15(13)16/h2-3,7-8,13-14,18H,4-6,9-12H2,1H3. The highest BCUT2D eigenvalue weighted by Crippen LogP contribution is 2.33. The quantitative estimate of drug-likeness (QED) is 0.926. The second kappa shape index (κ2) is 6.48. The first-order chi connectivity index (χ1) is 10.2.